The van der Waals surface area contributed by atoms with Gasteiger partial charge in [-0.05, 0) is 24.6 Å². The number of rotatable bonds is 6. The number of nitrogens with zero attached hydrogens (tertiary/aromatic N) is 1. The number of hydrogen-bond donors (Lipinski definition) is 0. The predicted octanol–water partition coefficient (Wildman–Crippen LogP) is 2.90. The van der Waals surface area contributed by atoms with E-state index in [1.54, 1.807) is 6.92 Å². The fraction of sp³-hybridized carbons (Fsp3) is 0.533. The van der Waals surface area contributed by atoms with Crippen LogP contribution >= 0.6 is 15.9 Å². The normalized spacial score (nSPS) is 28.1. The fourth-order valence-corrected chi connectivity index (χ4v) is 5.13. The maximum atomic E-state index is 12.3. The molecule has 0 N–H and O–H groups in total. The molecule has 21 heavy (non-hydrogen) atoms. The molecule has 114 valence electrons. The second-order valence-electron chi connectivity index (χ2n) is 5.19. The summed E-state index contributed by atoms with van der Waals surface area (Å²) in [4.78, 5) is 0. The Hall–Kier alpha value is -0.900. The zero-order valence-electron chi connectivity index (χ0n) is 12.0. The molecular weight excluding hydrogens is 354 g/mol. The van der Waals surface area contributed by atoms with E-state index < -0.39 is 20.5 Å². The molecule has 1 aromatic rings. The van der Waals surface area contributed by atoms with Crippen LogP contribution in [-0.2, 0) is 14.6 Å². The average Bonchev–Trinajstić information content (AvgIpc) is 3.16. The van der Waals surface area contributed by atoms with Crippen LogP contribution in [0, 0.1) is 16.7 Å². The van der Waals surface area contributed by atoms with Crippen molar-refractivity contribution in [3.8, 4) is 6.07 Å². The molecule has 1 aromatic carbocycles. The SMILES string of the molecule is CCOC[C@]1(C#N)[C@H](c2ccc(Br)cc2)[C@@H]1S(=O)(=O)CC. The van der Waals surface area contributed by atoms with Crippen molar-refractivity contribution in [3.63, 3.8) is 0 Å². The summed E-state index contributed by atoms with van der Waals surface area (Å²) in [5.41, 5.74) is -0.0833. The van der Waals surface area contributed by atoms with E-state index in [-0.39, 0.29) is 18.3 Å². The van der Waals surface area contributed by atoms with E-state index in [9.17, 15) is 13.7 Å². The van der Waals surface area contributed by atoms with Gasteiger partial charge in [-0.25, -0.2) is 8.42 Å². The first-order chi connectivity index (χ1) is 9.93. The van der Waals surface area contributed by atoms with Gasteiger partial charge in [0.05, 0.1) is 17.9 Å². The summed E-state index contributed by atoms with van der Waals surface area (Å²) in [5.74, 6) is -0.271. The number of benzene rings is 1. The monoisotopic (exact) mass is 371 g/mol. The molecule has 1 aliphatic rings. The largest absolute Gasteiger partial charge is 0.380 e. The van der Waals surface area contributed by atoms with Crippen molar-refractivity contribution >= 4 is 25.8 Å². The van der Waals surface area contributed by atoms with Crippen molar-refractivity contribution in [1.29, 1.82) is 5.26 Å². The van der Waals surface area contributed by atoms with Gasteiger partial charge in [0.15, 0.2) is 9.84 Å². The van der Waals surface area contributed by atoms with Crippen LogP contribution in [0.25, 0.3) is 0 Å². The lowest BCUT2D eigenvalue weighted by Crippen LogP contribution is -2.20. The molecule has 0 heterocycles. The lowest BCUT2D eigenvalue weighted by Gasteiger charge is -2.09. The summed E-state index contributed by atoms with van der Waals surface area (Å²) in [7, 11) is -3.30. The summed E-state index contributed by atoms with van der Waals surface area (Å²) in [6.45, 7) is 4.08. The minimum atomic E-state index is -3.30. The average molecular weight is 372 g/mol. The zero-order chi connectivity index (χ0) is 15.7. The van der Waals surface area contributed by atoms with E-state index in [2.05, 4.69) is 22.0 Å². The molecule has 1 aliphatic carbocycles. The molecule has 0 radical (unpaired) electrons. The van der Waals surface area contributed by atoms with Crippen molar-refractivity contribution in [3.05, 3.63) is 34.3 Å². The van der Waals surface area contributed by atoms with Crippen LogP contribution in [-0.4, -0.2) is 32.6 Å². The van der Waals surface area contributed by atoms with Crippen molar-refractivity contribution < 1.29 is 13.2 Å². The molecule has 1 fully saturated rings. The molecule has 0 aliphatic heterocycles. The molecule has 6 heteroatoms. The molecule has 0 spiro atoms. The Balaban J connectivity index is 2.42. The first-order valence-corrected chi connectivity index (χ1v) is 9.39. The van der Waals surface area contributed by atoms with Gasteiger partial charge in [-0.2, -0.15) is 5.26 Å². The van der Waals surface area contributed by atoms with Crippen LogP contribution in [0.4, 0.5) is 0 Å². The maximum absolute atomic E-state index is 12.3. The first-order valence-electron chi connectivity index (χ1n) is 6.89. The number of ether oxygens (including phenoxy) is 1. The van der Waals surface area contributed by atoms with Gasteiger partial charge in [0, 0.05) is 22.8 Å². The molecule has 0 unspecified atom stereocenters. The maximum Gasteiger partial charge on any atom is 0.155 e. The Morgan fingerprint density at radius 3 is 2.43 bits per heavy atom. The standard InChI is InChI=1S/C15H18BrNO3S/c1-3-20-10-15(9-17)13(14(15)21(18,19)4-2)11-5-7-12(16)8-6-11/h5-8,13-14H,3-4,10H2,1-2H3/t13-,14+,15-/m1/s1. The zero-order valence-corrected chi connectivity index (χ0v) is 14.4. The van der Waals surface area contributed by atoms with Gasteiger partial charge in [0.1, 0.15) is 5.41 Å². The predicted molar refractivity (Wildman–Crippen MR) is 84.7 cm³/mol. The van der Waals surface area contributed by atoms with E-state index in [1.165, 1.54) is 0 Å². The lowest BCUT2D eigenvalue weighted by atomic mass is 10.0. The highest BCUT2D eigenvalue weighted by Gasteiger charge is 2.71. The van der Waals surface area contributed by atoms with Gasteiger partial charge in [-0.3, -0.25) is 0 Å². The Labute approximate surface area is 134 Å². The summed E-state index contributed by atoms with van der Waals surface area (Å²) in [6, 6.07) is 9.71. The summed E-state index contributed by atoms with van der Waals surface area (Å²) >= 11 is 3.36. The van der Waals surface area contributed by atoms with Crippen LogP contribution in [0.2, 0.25) is 0 Å². The molecule has 2 rings (SSSR count). The van der Waals surface area contributed by atoms with E-state index in [0.717, 1.165) is 10.0 Å². The molecular formula is C15H18BrNO3S. The fourth-order valence-electron chi connectivity index (χ4n) is 2.86. The second-order valence-corrected chi connectivity index (χ2v) is 8.52. The topological polar surface area (TPSA) is 67.2 Å². The van der Waals surface area contributed by atoms with Gasteiger partial charge in [0.25, 0.3) is 0 Å². The molecule has 1 saturated carbocycles. The van der Waals surface area contributed by atoms with Gasteiger partial charge < -0.3 is 4.74 Å². The smallest absolute Gasteiger partial charge is 0.155 e. The highest BCUT2D eigenvalue weighted by atomic mass is 79.9. The van der Waals surface area contributed by atoms with E-state index in [4.69, 9.17) is 4.74 Å². The molecule has 4 nitrogen and oxygen atoms in total. The number of halogens is 1. The lowest BCUT2D eigenvalue weighted by molar-refractivity contribution is 0.117. The first kappa shape index (κ1) is 16.5. The van der Waals surface area contributed by atoms with Crippen molar-refractivity contribution in [2.75, 3.05) is 19.0 Å². The summed E-state index contributed by atoms with van der Waals surface area (Å²) in [6.07, 6.45) is 0. The highest BCUT2D eigenvalue weighted by Crippen LogP contribution is 2.63. The number of nitriles is 1. The van der Waals surface area contributed by atoms with Crippen LogP contribution in [0.3, 0.4) is 0 Å². The Kier molecular flexibility index (Phi) is 4.76. The van der Waals surface area contributed by atoms with E-state index in [1.807, 2.05) is 31.2 Å². The summed E-state index contributed by atoms with van der Waals surface area (Å²) in [5, 5.41) is 8.92. The van der Waals surface area contributed by atoms with Gasteiger partial charge in [-0.1, -0.05) is 35.0 Å². The molecule has 0 saturated heterocycles. The van der Waals surface area contributed by atoms with Gasteiger partial charge in [0.2, 0.25) is 0 Å². The summed E-state index contributed by atoms with van der Waals surface area (Å²) < 4.78 is 31.0. The molecule has 0 aromatic heterocycles. The second kappa shape index (κ2) is 6.07. The third-order valence-electron chi connectivity index (χ3n) is 4.03. The van der Waals surface area contributed by atoms with Crippen molar-refractivity contribution in [1.82, 2.24) is 0 Å². The van der Waals surface area contributed by atoms with Crippen molar-refractivity contribution in [2.45, 2.75) is 25.0 Å². The van der Waals surface area contributed by atoms with Crippen LogP contribution < -0.4 is 0 Å². The molecule has 3 atom stereocenters. The van der Waals surface area contributed by atoms with Crippen LogP contribution in [0.15, 0.2) is 28.7 Å². The quantitative estimate of drug-likeness (QED) is 0.770. The van der Waals surface area contributed by atoms with E-state index in [0.29, 0.717) is 6.61 Å². The van der Waals surface area contributed by atoms with Gasteiger partial charge >= 0.3 is 0 Å². The Morgan fingerprint density at radius 1 is 1.33 bits per heavy atom. The van der Waals surface area contributed by atoms with E-state index >= 15 is 0 Å². The van der Waals surface area contributed by atoms with Crippen LogP contribution in [0.5, 0.6) is 0 Å². The Morgan fingerprint density at radius 2 is 1.95 bits per heavy atom. The van der Waals surface area contributed by atoms with Crippen molar-refractivity contribution in [2.24, 2.45) is 5.41 Å². The van der Waals surface area contributed by atoms with Crippen LogP contribution in [0.1, 0.15) is 25.3 Å². The van der Waals surface area contributed by atoms with Gasteiger partial charge in [-0.15, -0.1) is 0 Å². The minimum absolute atomic E-state index is 0.0419. The molecule has 0 bridgehead atoms. The number of hydrogen-bond acceptors (Lipinski definition) is 4. The minimum Gasteiger partial charge on any atom is -0.380 e. The highest BCUT2D eigenvalue weighted by molar-refractivity contribution is 9.10. The third-order valence-corrected chi connectivity index (χ3v) is 6.83. The third kappa shape index (κ3) is 2.87. The Bertz CT molecular complexity index is 650. The molecule has 0 amide bonds. The number of sulfone groups is 1.